The number of benzene rings is 2. The highest BCUT2D eigenvalue weighted by molar-refractivity contribution is 5.85. The Hall–Kier alpha value is -2.75. The van der Waals surface area contributed by atoms with Gasteiger partial charge in [0.1, 0.15) is 5.75 Å². The molecule has 1 heterocycles. The van der Waals surface area contributed by atoms with Crippen LogP contribution in [0, 0.1) is 5.92 Å². The van der Waals surface area contributed by atoms with Crippen LogP contribution in [0.3, 0.4) is 0 Å². The van der Waals surface area contributed by atoms with Crippen molar-refractivity contribution in [1.82, 2.24) is 0 Å². The van der Waals surface area contributed by atoms with Crippen LogP contribution in [0.2, 0.25) is 0 Å². The number of hydrogen-bond donors (Lipinski definition) is 1. The summed E-state index contributed by atoms with van der Waals surface area (Å²) >= 11 is 0. The topological polar surface area (TPSA) is 61.4 Å². The number of hydrogen-bond acceptors (Lipinski definition) is 4. The van der Waals surface area contributed by atoms with Crippen LogP contribution < -0.4 is 15.2 Å². The fraction of sp³-hybridized carbons (Fsp3) is 0.286. The van der Waals surface area contributed by atoms with E-state index in [0.717, 1.165) is 23.4 Å². The zero-order valence-electron chi connectivity index (χ0n) is 14.1. The second kappa shape index (κ2) is 6.28. The molecule has 1 N–H and O–H groups in total. The van der Waals surface area contributed by atoms with Gasteiger partial charge < -0.3 is 20.0 Å². The molecule has 2 aromatic carbocycles. The van der Waals surface area contributed by atoms with Gasteiger partial charge in [0.25, 0.3) is 0 Å². The Labute approximate surface area is 147 Å². The van der Waals surface area contributed by atoms with Gasteiger partial charge in [-0.3, -0.25) is 0 Å². The van der Waals surface area contributed by atoms with E-state index in [1.54, 1.807) is 12.1 Å². The zero-order chi connectivity index (χ0) is 17.4. The molecule has 2 aromatic rings. The van der Waals surface area contributed by atoms with Crippen LogP contribution >= 0.6 is 0 Å². The maximum atomic E-state index is 11.0. The molecule has 0 spiro atoms. The summed E-state index contributed by atoms with van der Waals surface area (Å²) in [7, 11) is 0. The van der Waals surface area contributed by atoms with Crippen molar-refractivity contribution in [3.8, 4) is 5.75 Å². The summed E-state index contributed by atoms with van der Waals surface area (Å²) in [6.45, 7) is 2.60. The lowest BCUT2D eigenvalue weighted by Crippen LogP contribution is -2.29. The Morgan fingerprint density at radius 2 is 2.04 bits per heavy atom. The van der Waals surface area contributed by atoms with Gasteiger partial charge in [-0.15, -0.1) is 0 Å². The molecule has 0 aromatic heterocycles. The van der Waals surface area contributed by atoms with Crippen LogP contribution in [0.5, 0.6) is 5.75 Å². The van der Waals surface area contributed by atoms with Crippen molar-refractivity contribution in [1.29, 1.82) is 0 Å². The van der Waals surface area contributed by atoms with Crippen LogP contribution in [0.4, 0.5) is 5.69 Å². The van der Waals surface area contributed by atoms with Crippen molar-refractivity contribution >= 4 is 11.7 Å². The summed E-state index contributed by atoms with van der Waals surface area (Å²) in [4.78, 5) is 11.0. The summed E-state index contributed by atoms with van der Waals surface area (Å²) in [5.74, 6) is 0.489. The minimum atomic E-state index is -1.15. The molecule has 4 nitrogen and oxygen atoms in total. The average molecular weight is 334 g/mol. The molecule has 1 aliphatic heterocycles. The zero-order valence-corrected chi connectivity index (χ0v) is 14.1. The third-order valence-electron chi connectivity index (χ3n) is 5.16. The first-order valence-corrected chi connectivity index (χ1v) is 8.69. The van der Waals surface area contributed by atoms with E-state index in [-0.39, 0.29) is 11.6 Å². The molecular formula is C21H20NO3-. The first-order chi connectivity index (χ1) is 12.2. The molecule has 4 rings (SSSR count). The Morgan fingerprint density at radius 3 is 2.76 bits per heavy atom. The normalized spacial score (nSPS) is 23.5. The molecule has 25 heavy (non-hydrogen) atoms. The number of para-hydroxylation sites is 1. The third-order valence-corrected chi connectivity index (χ3v) is 5.16. The second-order valence-corrected chi connectivity index (χ2v) is 6.54. The van der Waals surface area contributed by atoms with E-state index < -0.39 is 5.97 Å². The lowest BCUT2D eigenvalue weighted by atomic mass is 9.77. The molecule has 2 aliphatic rings. The van der Waals surface area contributed by atoms with Crippen LogP contribution in [-0.2, 0) is 0 Å². The molecule has 0 unspecified atom stereocenters. The highest BCUT2D eigenvalue weighted by atomic mass is 16.5. The number of nitrogens with one attached hydrogen (secondary N) is 1. The monoisotopic (exact) mass is 334 g/mol. The fourth-order valence-corrected chi connectivity index (χ4v) is 4.03. The number of aromatic carboxylic acids is 1. The smallest absolute Gasteiger partial charge is 0.142 e. The Morgan fingerprint density at radius 1 is 1.24 bits per heavy atom. The van der Waals surface area contributed by atoms with E-state index in [4.69, 9.17) is 4.74 Å². The maximum absolute atomic E-state index is 11.0. The van der Waals surface area contributed by atoms with Gasteiger partial charge in [0, 0.05) is 5.92 Å². The fourth-order valence-electron chi connectivity index (χ4n) is 4.03. The van der Waals surface area contributed by atoms with Gasteiger partial charge in [0.15, 0.2) is 0 Å². The van der Waals surface area contributed by atoms with Crippen molar-refractivity contribution in [3.05, 3.63) is 71.3 Å². The van der Waals surface area contributed by atoms with Gasteiger partial charge in [-0.05, 0) is 42.0 Å². The molecule has 0 fully saturated rings. The Balaban J connectivity index is 1.74. The van der Waals surface area contributed by atoms with E-state index in [9.17, 15) is 9.90 Å². The molecule has 1 aliphatic carbocycles. The van der Waals surface area contributed by atoms with Crippen LogP contribution in [0.1, 0.15) is 46.8 Å². The highest BCUT2D eigenvalue weighted by Gasteiger charge is 2.38. The summed E-state index contributed by atoms with van der Waals surface area (Å²) in [5, 5.41) is 14.7. The quantitative estimate of drug-likeness (QED) is 0.872. The summed E-state index contributed by atoms with van der Waals surface area (Å²) in [5.41, 5.74) is 3.61. The van der Waals surface area contributed by atoms with E-state index in [0.29, 0.717) is 18.4 Å². The van der Waals surface area contributed by atoms with Gasteiger partial charge >= 0.3 is 0 Å². The number of rotatable bonds is 4. The predicted octanol–water partition coefficient (Wildman–Crippen LogP) is 3.28. The minimum Gasteiger partial charge on any atom is -0.545 e. The number of carboxylic acids is 1. The van der Waals surface area contributed by atoms with Gasteiger partial charge in [-0.1, -0.05) is 48.6 Å². The summed E-state index contributed by atoms with van der Waals surface area (Å²) in [6.07, 6.45) is 5.52. The van der Waals surface area contributed by atoms with Crippen molar-refractivity contribution in [2.45, 2.75) is 25.3 Å². The average Bonchev–Trinajstić information content (AvgIpc) is 3.12. The first-order valence-electron chi connectivity index (χ1n) is 8.69. The molecule has 4 heteroatoms. The van der Waals surface area contributed by atoms with Gasteiger partial charge in [-0.2, -0.15) is 0 Å². The van der Waals surface area contributed by atoms with E-state index in [1.165, 1.54) is 5.56 Å². The van der Waals surface area contributed by atoms with Crippen LogP contribution in [0.15, 0.2) is 54.6 Å². The molecule has 0 bridgehead atoms. The molecule has 3 atom stereocenters. The van der Waals surface area contributed by atoms with Crippen molar-refractivity contribution in [3.63, 3.8) is 0 Å². The third kappa shape index (κ3) is 2.68. The van der Waals surface area contributed by atoms with Crippen molar-refractivity contribution in [2.24, 2.45) is 5.92 Å². The van der Waals surface area contributed by atoms with Crippen LogP contribution in [0.25, 0.3) is 0 Å². The number of anilines is 1. The van der Waals surface area contributed by atoms with E-state index >= 15 is 0 Å². The molecule has 0 radical (unpaired) electrons. The Bertz CT molecular complexity index is 826. The minimum absolute atomic E-state index is 0.116. The number of carbonyl (C=O) groups is 1. The molecular weight excluding hydrogens is 314 g/mol. The molecule has 0 saturated carbocycles. The second-order valence-electron chi connectivity index (χ2n) is 6.54. The maximum Gasteiger partial charge on any atom is 0.142 e. The summed E-state index contributed by atoms with van der Waals surface area (Å²) in [6, 6.07) is 13.3. The largest absolute Gasteiger partial charge is 0.545 e. The lowest BCUT2D eigenvalue weighted by Gasteiger charge is -2.38. The number of carbonyl (C=O) groups excluding carboxylic acids is 1. The number of ether oxygens (including phenoxy) is 1. The number of allylic oxidation sites excluding steroid dienone is 2. The molecule has 0 saturated heterocycles. The van der Waals surface area contributed by atoms with Gasteiger partial charge in [-0.25, -0.2) is 0 Å². The summed E-state index contributed by atoms with van der Waals surface area (Å²) < 4.78 is 5.81. The van der Waals surface area contributed by atoms with E-state index in [1.807, 2.05) is 31.2 Å². The van der Waals surface area contributed by atoms with Gasteiger partial charge in [0.2, 0.25) is 0 Å². The van der Waals surface area contributed by atoms with Crippen molar-refractivity contribution in [2.75, 3.05) is 11.9 Å². The SMILES string of the molecule is CCOc1cccc2c1N[C@H](c1ccc(C(=O)[O-])cc1)[C@H]1CC=C[C@@H]21. The molecule has 128 valence electrons. The number of fused-ring (bicyclic) bond motifs is 3. The predicted molar refractivity (Wildman–Crippen MR) is 94.7 cm³/mol. The standard InChI is InChI=1S/C21H21NO3/c1-2-25-18-8-4-7-17-15-5-3-6-16(15)19(22-20(17)18)13-9-11-14(12-10-13)21(23)24/h3-5,7-12,15-16,19,22H,2,6H2,1H3,(H,23,24)/p-1/t15-,16+,19-/m1/s1. The first kappa shape index (κ1) is 15.8. The Kier molecular flexibility index (Phi) is 3.96. The van der Waals surface area contributed by atoms with E-state index in [2.05, 4.69) is 23.5 Å². The van der Waals surface area contributed by atoms with Crippen LogP contribution in [-0.4, -0.2) is 12.6 Å². The highest BCUT2D eigenvalue weighted by Crippen LogP contribution is 2.52. The molecule has 0 amide bonds. The van der Waals surface area contributed by atoms with Crippen molar-refractivity contribution < 1.29 is 14.6 Å². The van der Waals surface area contributed by atoms with Gasteiger partial charge in [0.05, 0.1) is 24.3 Å². The number of carboxylic acid groups (broad SMARTS) is 1. The lowest BCUT2D eigenvalue weighted by molar-refractivity contribution is -0.255.